The van der Waals surface area contributed by atoms with Crippen molar-refractivity contribution in [3.05, 3.63) is 24.0 Å². The van der Waals surface area contributed by atoms with Crippen LogP contribution in [0, 0.1) is 0 Å². The second-order valence-electron chi connectivity index (χ2n) is 3.03. The third-order valence-electron chi connectivity index (χ3n) is 1.68. The van der Waals surface area contributed by atoms with E-state index in [-0.39, 0.29) is 0 Å². The Morgan fingerprint density at radius 2 is 2.08 bits per heavy atom. The number of pyridine rings is 1. The smallest absolute Gasteiger partial charge is 0.170 e. The van der Waals surface area contributed by atoms with E-state index >= 15 is 0 Å². The zero-order valence-electron chi connectivity index (χ0n) is 7.57. The van der Waals surface area contributed by atoms with Gasteiger partial charge in [-0.15, -0.1) is 0 Å². The van der Waals surface area contributed by atoms with Crippen molar-refractivity contribution < 1.29 is 4.55 Å². The average molecular weight is 183 g/mol. The predicted molar refractivity (Wildman–Crippen MR) is 50.7 cm³/mol. The summed E-state index contributed by atoms with van der Waals surface area (Å²) in [5.41, 5.74) is 1.05. The molecule has 0 aliphatic carbocycles. The van der Waals surface area contributed by atoms with Crippen LogP contribution in [0.5, 0.6) is 0 Å². The van der Waals surface area contributed by atoms with Gasteiger partial charge in [0.1, 0.15) is 6.26 Å². The summed E-state index contributed by atoms with van der Waals surface area (Å²) in [6.45, 7) is 4.18. The fraction of sp³-hybridized carbons (Fsp3) is 0.444. The van der Waals surface area contributed by atoms with Gasteiger partial charge in [0.2, 0.25) is 0 Å². The first kappa shape index (κ1) is 9.55. The number of aromatic nitrogens is 1. The summed E-state index contributed by atoms with van der Waals surface area (Å²) in [6, 6.07) is 3.81. The molecule has 0 radical (unpaired) electrons. The van der Waals surface area contributed by atoms with Gasteiger partial charge in [-0.3, -0.25) is 4.98 Å². The molecule has 0 spiro atoms. The minimum atomic E-state index is -0.913. The zero-order chi connectivity index (χ0) is 9.14. The summed E-state index contributed by atoms with van der Waals surface area (Å²) < 4.78 is 11.0. The van der Waals surface area contributed by atoms with Crippen molar-refractivity contribution in [2.75, 3.05) is 6.26 Å². The summed E-state index contributed by atoms with van der Waals surface area (Å²) in [5, 5.41) is 0. The third kappa shape index (κ3) is 2.22. The van der Waals surface area contributed by atoms with Crippen molar-refractivity contribution in [1.29, 1.82) is 0 Å². The lowest BCUT2D eigenvalue weighted by atomic mass is 10.1. The van der Waals surface area contributed by atoms with E-state index < -0.39 is 11.2 Å². The molecule has 0 aliphatic heterocycles. The topological polar surface area (TPSA) is 36.0 Å². The molecule has 1 atom stereocenters. The molecule has 0 fully saturated rings. The maximum atomic E-state index is 11.0. The number of rotatable bonds is 2. The minimum Gasteiger partial charge on any atom is -0.612 e. The van der Waals surface area contributed by atoms with E-state index in [4.69, 9.17) is 0 Å². The van der Waals surface area contributed by atoms with E-state index in [1.54, 1.807) is 12.5 Å². The molecule has 3 heteroatoms. The van der Waals surface area contributed by atoms with Gasteiger partial charge in [-0.1, -0.05) is 13.8 Å². The van der Waals surface area contributed by atoms with Crippen LogP contribution in [-0.2, 0) is 11.2 Å². The Kier molecular flexibility index (Phi) is 3.12. The monoisotopic (exact) mass is 183 g/mol. The number of hydrogen-bond donors (Lipinski definition) is 0. The molecule has 2 nitrogen and oxygen atoms in total. The average Bonchev–Trinajstić information content (AvgIpc) is 2.04. The molecular weight excluding hydrogens is 170 g/mol. The molecule has 0 N–H and O–H groups in total. The Bertz CT molecular complexity index is 216. The van der Waals surface area contributed by atoms with Crippen molar-refractivity contribution in [2.24, 2.45) is 0 Å². The molecular formula is C9H13NOS. The van der Waals surface area contributed by atoms with Crippen LogP contribution in [0.25, 0.3) is 0 Å². The summed E-state index contributed by atoms with van der Waals surface area (Å²) >= 11 is -0.913. The van der Waals surface area contributed by atoms with Crippen LogP contribution in [-0.4, -0.2) is 15.8 Å². The van der Waals surface area contributed by atoms with Crippen LogP contribution in [0.15, 0.2) is 23.2 Å². The highest BCUT2D eigenvalue weighted by Crippen LogP contribution is 2.13. The highest BCUT2D eigenvalue weighted by molar-refractivity contribution is 7.90. The zero-order valence-corrected chi connectivity index (χ0v) is 8.39. The standard InChI is InChI=1S/C9H13NOS/c1-7(2)9-5-4-8(6-10-9)12(3)11/h4-7H,1-3H3. The van der Waals surface area contributed by atoms with Crippen molar-refractivity contribution in [3.63, 3.8) is 0 Å². The van der Waals surface area contributed by atoms with Gasteiger partial charge in [0.05, 0.1) is 6.20 Å². The van der Waals surface area contributed by atoms with Gasteiger partial charge >= 0.3 is 0 Å². The van der Waals surface area contributed by atoms with Crippen LogP contribution in [0.3, 0.4) is 0 Å². The Balaban J connectivity index is 2.86. The second kappa shape index (κ2) is 3.92. The van der Waals surface area contributed by atoms with Crippen molar-refractivity contribution in [2.45, 2.75) is 24.7 Å². The van der Waals surface area contributed by atoms with Gasteiger partial charge in [-0.25, -0.2) is 0 Å². The maximum absolute atomic E-state index is 11.0. The largest absolute Gasteiger partial charge is 0.612 e. The quantitative estimate of drug-likeness (QED) is 0.657. The fourth-order valence-electron chi connectivity index (χ4n) is 0.903. The van der Waals surface area contributed by atoms with Crippen LogP contribution in [0.2, 0.25) is 0 Å². The van der Waals surface area contributed by atoms with Crippen molar-refractivity contribution in [3.8, 4) is 0 Å². The second-order valence-corrected chi connectivity index (χ2v) is 4.41. The van der Waals surface area contributed by atoms with Gasteiger partial charge in [-0.05, 0) is 29.2 Å². The summed E-state index contributed by atoms with van der Waals surface area (Å²) in [5.74, 6) is 0.435. The molecule has 1 aromatic rings. The summed E-state index contributed by atoms with van der Waals surface area (Å²) in [7, 11) is 0. The van der Waals surface area contributed by atoms with Gasteiger partial charge in [0.15, 0.2) is 4.90 Å². The Morgan fingerprint density at radius 3 is 2.42 bits per heavy atom. The van der Waals surface area contributed by atoms with Crippen LogP contribution in [0.1, 0.15) is 25.5 Å². The van der Waals surface area contributed by atoms with Gasteiger partial charge in [0, 0.05) is 5.69 Å². The van der Waals surface area contributed by atoms with Crippen molar-refractivity contribution in [1.82, 2.24) is 4.98 Å². The van der Waals surface area contributed by atoms with Gasteiger partial charge in [0.25, 0.3) is 0 Å². The molecule has 12 heavy (non-hydrogen) atoms. The molecule has 0 amide bonds. The van der Waals surface area contributed by atoms with Crippen LogP contribution < -0.4 is 0 Å². The molecule has 0 aromatic carbocycles. The molecule has 0 aliphatic rings. The normalized spacial score (nSPS) is 13.4. The molecule has 1 unspecified atom stereocenters. The van der Waals surface area contributed by atoms with Crippen LogP contribution in [0.4, 0.5) is 0 Å². The Hall–Kier alpha value is -0.540. The molecule has 0 bridgehead atoms. The molecule has 1 aromatic heterocycles. The van der Waals surface area contributed by atoms with Crippen molar-refractivity contribution >= 4 is 11.2 Å². The molecule has 66 valence electrons. The first-order chi connectivity index (χ1) is 5.61. The predicted octanol–water partition coefficient (Wildman–Crippen LogP) is 1.94. The van der Waals surface area contributed by atoms with Crippen LogP contribution >= 0.6 is 0 Å². The van der Waals surface area contributed by atoms with E-state index in [2.05, 4.69) is 18.8 Å². The summed E-state index contributed by atoms with van der Waals surface area (Å²) in [4.78, 5) is 5.00. The minimum absolute atomic E-state index is 0.435. The Morgan fingerprint density at radius 1 is 1.42 bits per heavy atom. The van der Waals surface area contributed by atoms with E-state index in [0.29, 0.717) is 5.92 Å². The third-order valence-corrected chi connectivity index (χ3v) is 2.59. The van der Waals surface area contributed by atoms with E-state index in [0.717, 1.165) is 10.6 Å². The highest BCUT2D eigenvalue weighted by atomic mass is 32.2. The highest BCUT2D eigenvalue weighted by Gasteiger charge is 2.05. The lowest BCUT2D eigenvalue weighted by Gasteiger charge is -2.06. The lowest BCUT2D eigenvalue weighted by molar-refractivity contribution is 0.600. The maximum Gasteiger partial charge on any atom is 0.170 e. The molecule has 0 saturated heterocycles. The fourth-order valence-corrected chi connectivity index (χ4v) is 1.36. The lowest BCUT2D eigenvalue weighted by Crippen LogP contribution is -1.99. The SMILES string of the molecule is CC(C)c1ccc([S+](C)[O-])cn1. The van der Waals surface area contributed by atoms with Gasteiger partial charge < -0.3 is 4.55 Å². The summed E-state index contributed by atoms with van der Waals surface area (Å²) in [6.07, 6.45) is 3.34. The number of nitrogens with zero attached hydrogens (tertiary/aromatic N) is 1. The molecule has 1 rings (SSSR count). The first-order valence-electron chi connectivity index (χ1n) is 3.90. The Labute approximate surface area is 76.2 Å². The van der Waals surface area contributed by atoms with E-state index in [1.165, 1.54) is 0 Å². The molecule has 0 saturated carbocycles. The van der Waals surface area contributed by atoms with E-state index in [1.807, 2.05) is 12.1 Å². The molecule has 1 heterocycles. The van der Waals surface area contributed by atoms with E-state index in [9.17, 15) is 4.55 Å². The van der Waals surface area contributed by atoms with Gasteiger partial charge in [-0.2, -0.15) is 0 Å². The number of hydrogen-bond acceptors (Lipinski definition) is 2. The first-order valence-corrected chi connectivity index (χ1v) is 5.46.